The van der Waals surface area contributed by atoms with Gasteiger partial charge in [-0.15, -0.1) is 0 Å². The van der Waals surface area contributed by atoms with Gasteiger partial charge >= 0.3 is 15.2 Å². The van der Waals surface area contributed by atoms with Crippen molar-refractivity contribution >= 4 is 21.1 Å². The van der Waals surface area contributed by atoms with Crippen LogP contribution in [-0.4, -0.2) is 36.9 Å². The molecule has 0 aliphatic carbocycles. The molecule has 0 aromatic carbocycles. The molecule has 1 rings (SSSR count). The van der Waals surface area contributed by atoms with Gasteiger partial charge in [-0.2, -0.15) is 0 Å². The van der Waals surface area contributed by atoms with Gasteiger partial charge in [0.2, 0.25) is 5.91 Å². The minimum absolute atomic E-state index is 0.145. The summed E-state index contributed by atoms with van der Waals surface area (Å²) in [5.74, 6) is 0.145. The molecule has 1 amide bonds. The van der Waals surface area contributed by atoms with Gasteiger partial charge in [-0.1, -0.05) is 20.8 Å². The Kier molecular flexibility index (Phi) is 13.0. The predicted molar refractivity (Wildman–Crippen MR) is 95.1 cm³/mol. The van der Waals surface area contributed by atoms with Crippen LogP contribution in [0.1, 0.15) is 47.0 Å². The molecule has 0 radical (unpaired) electrons. The highest BCUT2D eigenvalue weighted by molar-refractivity contribution is 7.72. The second-order valence-electron chi connectivity index (χ2n) is 5.16. The van der Waals surface area contributed by atoms with E-state index >= 15 is 0 Å². The summed E-state index contributed by atoms with van der Waals surface area (Å²) in [6, 6.07) is 3.67. The van der Waals surface area contributed by atoms with Crippen LogP contribution in [0.2, 0.25) is 0 Å². The summed E-state index contributed by atoms with van der Waals surface area (Å²) in [6.45, 7) is 6.90. The van der Waals surface area contributed by atoms with E-state index in [-0.39, 0.29) is 12.3 Å². The van der Waals surface area contributed by atoms with Crippen LogP contribution in [0.15, 0.2) is 29.1 Å². The zero-order valence-electron chi connectivity index (χ0n) is 15.0. The standard InChI is InChI=1S/C6H13NO.C4H12O6P2.C4H4O/c1-3-5-7-6(8)4-2;1-3-4(2,11(5,6)7)12(8,9)10;1-2-4-5-3-1/h3-5H2,1-2H3,(H,7,8);3H2,1-2H3,(H2,5,6,7)(H2,8,9,10);1-4H. The van der Waals surface area contributed by atoms with Crippen LogP contribution in [0.4, 0.5) is 0 Å². The highest BCUT2D eigenvalue weighted by atomic mass is 31.2. The van der Waals surface area contributed by atoms with Gasteiger partial charge in [0.1, 0.15) is 0 Å². The molecular weight excluding hydrogens is 372 g/mol. The van der Waals surface area contributed by atoms with Crippen LogP contribution in [-0.2, 0) is 13.9 Å². The van der Waals surface area contributed by atoms with Crippen molar-refractivity contribution < 1.29 is 37.9 Å². The van der Waals surface area contributed by atoms with E-state index < -0.39 is 20.1 Å². The van der Waals surface area contributed by atoms with Gasteiger partial charge in [-0.25, -0.2) is 0 Å². The number of rotatable bonds is 6. The Morgan fingerprint density at radius 3 is 1.64 bits per heavy atom. The lowest BCUT2D eigenvalue weighted by Gasteiger charge is -2.29. The highest BCUT2D eigenvalue weighted by Gasteiger charge is 2.54. The van der Waals surface area contributed by atoms with Crippen LogP contribution in [0.3, 0.4) is 0 Å². The molecule has 0 unspecified atom stereocenters. The molecule has 0 atom stereocenters. The number of carbonyl (C=O) groups is 1. The smallest absolute Gasteiger partial charge is 0.343 e. The number of hydrogen-bond acceptors (Lipinski definition) is 4. The summed E-state index contributed by atoms with van der Waals surface area (Å²) in [5.41, 5.74) is 0. The van der Waals surface area contributed by atoms with Gasteiger partial charge < -0.3 is 29.3 Å². The van der Waals surface area contributed by atoms with Crippen LogP contribution >= 0.6 is 15.2 Å². The highest BCUT2D eigenvalue weighted by Crippen LogP contribution is 2.70. The SMILES string of the molecule is CCC(C)(P(=O)(O)O)P(=O)(O)O.CCCNC(=O)CC.c1ccoc1. The number of amides is 1. The zero-order valence-corrected chi connectivity index (χ0v) is 16.7. The molecule has 0 saturated carbocycles. The molecule has 0 spiro atoms. The van der Waals surface area contributed by atoms with E-state index in [2.05, 4.69) is 9.73 Å². The van der Waals surface area contributed by atoms with E-state index in [9.17, 15) is 13.9 Å². The summed E-state index contributed by atoms with van der Waals surface area (Å²) in [7, 11) is -9.54. The average molecular weight is 401 g/mol. The molecule has 148 valence electrons. The maximum Gasteiger partial charge on any atom is 0.343 e. The lowest BCUT2D eigenvalue weighted by molar-refractivity contribution is -0.120. The summed E-state index contributed by atoms with van der Waals surface area (Å²) in [5, 5.41) is 2.74. The molecule has 0 aliphatic rings. The molecule has 9 nitrogen and oxygen atoms in total. The van der Waals surface area contributed by atoms with Crippen molar-refractivity contribution in [3.05, 3.63) is 24.7 Å². The Balaban J connectivity index is 0. The average Bonchev–Trinajstić information content (AvgIpc) is 3.09. The van der Waals surface area contributed by atoms with Crippen molar-refractivity contribution in [2.45, 2.75) is 51.9 Å². The summed E-state index contributed by atoms with van der Waals surface area (Å²) in [6.07, 6.45) is 4.59. The summed E-state index contributed by atoms with van der Waals surface area (Å²) in [4.78, 5) is 43.0. The monoisotopic (exact) mass is 401 g/mol. The Labute approximate surface area is 148 Å². The number of nitrogens with one attached hydrogen (secondary N) is 1. The van der Waals surface area contributed by atoms with Gasteiger partial charge in [0.05, 0.1) is 12.5 Å². The lowest BCUT2D eigenvalue weighted by atomic mass is 10.4. The van der Waals surface area contributed by atoms with Gasteiger partial charge in [-0.05, 0) is 31.9 Å². The fraction of sp³-hybridized carbons (Fsp3) is 0.643. The number of furan rings is 1. The fourth-order valence-electron chi connectivity index (χ4n) is 1.20. The Morgan fingerprint density at radius 1 is 1.04 bits per heavy atom. The third kappa shape index (κ3) is 10.6. The van der Waals surface area contributed by atoms with Crippen molar-refractivity contribution in [2.24, 2.45) is 0 Å². The lowest BCUT2D eigenvalue weighted by Crippen LogP contribution is -2.23. The quantitative estimate of drug-likeness (QED) is 0.455. The van der Waals surface area contributed by atoms with Gasteiger partial charge in [0.25, 0.3) is 0 Å². The molecule has 0 saturated heterocycles. The first-order valence-corrected chi connectivity index (χ1v) is 10.9. The second kappa shape index (κ2) is 12.4. The molecule has 0 fully saturated rings. The van der Waals surface area contributed by atoms with Gasteiger partial charge in [-0.3, -0.25) is 13.9 Å². The minimum atomic E-state index is -4.77. The van der Waals surface area contributed by atoms with Crippen molar-refractivity contribution in [2.75, 3.05) is 6.54 Å². The molecule has 0 bridgehead atoms. The first kappa shape index (κ1) is 26.3. The minimum Gasteiger partial charge on any atom is -0.473 e. The molecule has 0 aliphatic heterocycles. The number of hydrogen-bond donors (Lipinski definition) is 5. The topological polar surface area (TPSA) is 157 Å². The first-order valence-electron chi connectivity index (χ1n) is 7.72. The largest absolute Gasteiger partial charge is 0.473 e. The van der Waals surface area contributed by atoms with E-state index in [1.165, 1.54) is 6.92 Å². The van der Waals surface area contributed by atoms with Crippen LogP contribution in [0.5, 0.6) is 0 Å². The Bertz CT molecular complexity index is 510. The third-order valence-electron chi connectivity index (χ3n) is 3.24. The van der Waals surface area contributed by atoms with Gasteiger partial charge in [0, 0.05) is 13.0 Å². The predicted octanol–water partition coefficient (Wildman–Crippen LogP) is 2.67. The normalized spacial score (nSPS) is 11.5. The summed E-state index contributed by atoms with van der Waals surface area (Å²) >= 11 is 0. The van der Waals surface area contributed by atoms with E-state index in [4.69, 9.17) is 19.6 Å². The molecule has 1 aromatic heterocycles. The van der Waals surface area contributed by atoms with Crippen molar-refractivity contribution in [3.63, 3.8) is 0 Å². The maximum atomic E-state index is 10.7. The summed E-state index contributed by atoms with van der Waals surface area (Å²) < 4.78 is 26.0. The molecule has 25 heavy (non-hydrogen) atoms. The van der Waals surface area contributed by atoms with Crippen LogP contribution in [0.25, 0.3) is 0 Å². The molecule has 1 heterocycles. The third-order valence-corrected chi connectivity index (χ3v) is 7.95. The van der Waals surface area contributed by atoms with Crippen molar-refractivity contribution in [1.29, 1.82) is 0 Å². The molecule has 1 aromatic rings. The Morgan fingerprint density at radius 2 is 1.48 bits per heavy atom. The second-order valence-corrected chi connectivity index (χ2v) is 9.66. The van der Waals surface area contributed by atoms with E-state index in [0.717, 1.165) is 19.9 Å². The van der Waals surface area contributed by atoms with Crippen LogP contribution in [0, 0.1) is 0 Å². The van der Waals surface area contributed by atoms with Crippen LogP contribution < -0.4 is 5.32 Å². The van der Waals surface area contributed by atoms with Gasteiger partial charge in [0.15, 0.2) is 4.90 Å². The first-order chi connectivity index (χ1) is 11.4. The molecule has 5 N–H and O–H groups in total. The Hall–Kier alpha value is -0.950. The molecule has 11 heteroatoms. The zero-order chi connectivity index (χ0) is 20.1. The van der Waals surface area contributed by atoms with Crippen molar-refractivity contribution in [1.82, 2.24) is 5.32 Å². The van der Waals surface area contributed by atoms with E-state index in [1.807, 2.05) is 26.0 Å². The number of carbonyl (C=O) groups excluding carboxylic acids is 1. The fourth-order valence-corrected chi connectivity index (χ4v) is 3.38. The van der Waals surface area contributed by atoms with E-state index in [1.54, 1.807) is 12.5 Å². The molecular formula is C14H29NO8P2. The maximum absolute atomic E-state index is 10.7. The van der Waals surface area contributed by atoms with Crippen molar-refractivity contribution in [3.8, 4) is 0 Å². The van der Waals surface area contributed by atoms with E-state index in [0.29, 0.717) is 6.42 Å².